The van der Waals surface area contributed by atoms with Gasteiger partial charge in [-0.2, -0.15) is 5.10 Å². The number of aryl methyl sites for hydroxylation is 1. The lowest BCUT2D eigenvalue weighted by Gasteiger charge is -2.22. The highest BCUT2D eigenvalue weighted by molar-refractivity contribution is 14.0. The number of furan rings is 1. The predicted octanol–water partition coefficient (Wildman–Crippen LogP) is 3.86. The van der Waals surface area contributed by atoms with Crippen LogP contribution in [-0.2, 0) is 19.9 Å². The molecule has 0 bridgehead atoms. The van der Waals surface area contributed by atoms with Gasteiger partial charge in [-0.3, -0.25) is 9.67 Å². The summed E-state index contributed by atoms with van der Waals surface area (Å²) in [5.41, 5.74) is 2.58. The zero-order valence-corrected chi connectivity index (χ0v) is 21.1. The van der Waals surface area contributed by atoms with Crippen LogP contribution < -0.4 is 10.1 Å². The van der Waals surface area contributed by atoms with Crippen molar-refractivity contribution < 1.29 is 9.15 Å². The van der Waals surface area contributed by atoms with Gasteiger partial charge in [-0.1, -0.05) is 12.1 Å². The van der Waals surface area contributed by atoms with Gasteiger partial charge in [-0.25, -0.2) is 0 Å². The van der Waals surface area contributed by atoms with Crippen molar-refractivity contribution in [3.8, 4) is 5.75 Å². The van der Waals surface area contributed by atoms with Gasteiger partial charge in [-0.05, 0) is 48.2 Å². The molecular weight excluding hydrogens is 517 g/mol. The minimum absolute atomic E-state index is 0. The van der Waals surface area contributed by atoms with Gasteiger partial charge in [-0.15, -0.1) is 24.0 Å². The second-order valence-electron chi connectivity index (χ2n) is 7.94. The molecule has 1 aromatic carbocycles. The molecule has 172 valence electrons. The highest BCUT2D eigenvalue weighted by Gasteiger charge is 2.27. The number of guanidine groups is 1. The molecule has 0 amide bonds. The molecule has 3 heterocycles. The van der Waals surface area contributed by atoms with Crippen LogP contribution in [-0.4, -0.2) is 53.9 Å². The van der Waals surface area contributed by atoms with E-state index in [-0.39, 0.29) is 24.0 Å². The van der Waals surface area contributed by atoms with Gasteiger partial charge in [0.25, 0.3) is 0 Å². The van der Waals surface area contributed by atoms with E-state index in [2.05, 4.69) is 33.6 Å². The summed E-state index contributed by atoms with van der Waals surface area (Å²) in [5.74, 6) is 3.32. The summed E-state index contributed by atoms with van der Waals surface area (Å²) in [6, 6.07) is 12.2. The topological polar surface area (TPSA) is 67.8 Å². The average Bonchev–Trinajstić information content (AvgIpc) is 3.55. The van der Waals surface area contributed by atoms with Crippen LogP contribution in [0.4, 0.5) is 0 Å². The fourth-order valence-electron chi connectivity index (χ4n) is 3.98. The van der Waals surface area contributed by atoms with Crippen molar-refractivity contribution in [2.45, 2.75) is 25.2 Å². The van der Waals surface area contributed by atoms with Gasteiger partial charge in [0.1, 0.15) is 11.5 Å². The maximum absolute atomic E-state index is 5.45. The van der Waals surface area contributed by atoms with Crippen LogP contribution in [0.1, 0.15) is 29.2 Å². The predicted molar refractivity (Wildman–Crippen MR) is 137 cm³/mol. The molecule has 4 rings (SSSR count). The van der Waals surface area contributed by atoms with E-state index < -0.39 is 0 Å². The zero-order valence-electron chi connectivity index (χ0n) is 18.7. The fraction of sp³-hybridized carbons (Fsp3) is 0.417. The number of benzene rings is 1. The normalized spacial score (nSPS) is 16.1. The monoisotopic (exact) mass is 549 g/mol. The van der Waals surface area contributed by atoms with E-state index in [1.165, 1.54) is 11.1 Å². The van der Waals surface area contributed by atoms with Crippen LogP contribution in [0.15, 0.2) is 64.5 Å². The molecule has 2 aromatic heterocycles. The molecule has 1 N–H and O–H groups in total. The number of aromatic nitrogens is 2. The fourth-order valence-corrected chi connectivity index (χ4v) is 3.98. The number of ether oxygens (including phenoxy) is 1. The molecule has 1 atom stereocenters. The minimum atomic E-state index is 0. The summed E-state index contributed by atoms with van der Waals surface area (Å²) in [7, 11) is 3.66. The number of methoxy groups -OCH3 is 1. The number of aliphatic imine (C=N–C) groups is 1. The third-order valence-electron chi connectivity index (χ3n) is 5.74. The average molecular weight is 549 g/mol. The first-order valence-electron chi connectivity index (χ1n) is 10.9. The molecule has 7 nitrogen and oxygen atoms in total. The number of rotatable bonds is 8. The number of hydrogen-bond donors (Lipinski definition) is 1. The smallest absolute Gasteiger partial charge is 0.193 e. The maximum Gasteiger partial charge on any atom is 0.193 e. The van der Waals surface area contributed by atoms with E-state index >= 15 is 0 Å². The third-order valence-corrected chi connectivity index (χ3v) is 5.74. The van der Waals surface area contributed by atoms with E-state index in [1.54, 1.807) is 13.4 Å². The van der Waals surface area contributed by atoms with E-state index in [4.69, 9.17) is 14.1 Å². The van der Waals surface area contributed by atoms with Crippen LogP contribution in [0.25, 0.3) is 0 Å². The summed E-state index contributed by atoms with van der Waals surface area (Å²) >= 11 is 0. The Bertz CT molecular complexity index is 969. The molecule has 0 saturated carbocycles. The van der Waals surface area contributed by atoms with E-state index in [9.17, 15) is 0 Å². The minimum Gasteiger partial charge on any atom is -0.497 e. The van der Waals surface area contributed by atoms with Gasteiger partial charge in [0.15, 0.2) is 5.96 Å². The van der Waals surface area contributed by atoms with E-state index in [0.29, 0.717) is 12.5 Å². The van der Waals surface area contributed by atoms with Gasteiger partial charge in [0.2, 0.25) is 0 Å². The number of nitrogens with one attached hydrogen (secondary N) is 1. The molecule has 8 heteroatoms. The lowest BCUT2D eigenvalue weighted by atomic mass is 10.0. The van der Waals surface area contributed by atoms with Gasteiger partial charge in [0, 0.05) is 51.8 Å². The molecule has 32 heavy (non-hydrogen) atoms. The van der Waals surface area contributed by atoms with Crippen LogP contribution in [0.2, 0.25) is 0 Å². The second kappa shape index (κ2) is 11.9. The summed E-state index contributed by atoms with van der Waals surface area (Å²) in [4.78, 5) is 7.27. The number of nitrogens with zero attached hydrogens (tertiary/aromatic N) is 4. The summed E-state index contributed by atoms with van der Waals surface area (Å²) in [6.07, 6.45) is 8.67. The standard InChI is InChI=1S/C24H31N5O2.HI/c1-28-17-21(16-27-28)20-11-14-29(18-20)24(26-13-10-23-4-3-15-31-23)25-12-9-19-5-7-22(30-2)8-6-19;/h3-8,15-17,20H,9-14,18H2,1-2H3,(H,25,26);1H. The van der Waals surface area contributed by atoms with Gasteiger partial charge in [0.05, 0.1) is 19.6 Å². The van der Waals surface area contributed by atoms with Crippen LogP contribution in [0, 0.1) is 0 Å². The van der Waals surface area contributed by atoms with Crippen molar-refractivity contribution >= 4 is 29.9 Å². The molecule has 0 radical (unpaired) electrons. The summed E-state index contributed by atoms with van der Waals surface area (Å²) < 4.78 is 12.6. The molecule has 0 aliphatic carbocycles. The third kappa shape index (κ3) is 6.51. The molecule has 1 saturated heterocycles. The van der Waals surface area contributed by atoms with Crippen molar-refractivity contribution in [2.24, 2.45) is 12.0 Å². The molecule has 1 unspecified atom stereocenters. The summed E-state index contributed by atoms with van der Waals surface area (Å²) in [5, 5.41) is 7.93. The van der Waals surface area contributed by atoms with Crippen molar-refractivity contribution in [1.82, 2.24) is 20.0 Å². The highest BCUT2D eigenvalue weighted by Crippen LogP contribution is 2.26. The Morgan fingerprint density at radius 2 is 2.09 bits per heavy atom. The first kappa shape index (κ1) is 24.2. The van der Waals surface area contributed by atoms with E-state index in [1.807, 2.05) is 42.2 Å². The van der Waals surface area contributed by atoms with Crippen molar-refractivity contribution in [3.05, 3.63) is 71.9 Å². The maximum atomic E-state index is 5.45. The van der Waals surface area contributed by atoms with Crippen molar-refractivity contribution in [3.63, 3.8) is 0 Å². The molecule has 1 aliphatic heterocycles. The number of likely N-dealkylation sites (tertiary alicyclic amines) is 1. The van der Waals surface area contributed by atoms with Crippen molar-refractivity contribution in [2.75, 3.05) is 33.3 Å². The molecule has 3 aromatic rings. The first-order valence-corrected chi connectivity index (χ1v) is 10.9. The number of hydrogen-bond acceptors (Lipinski definition) is 4. The first-order chi connectivity index (χ1) is 15.2. The Hall–Kier alpha value is -2.49. The highest BCUT2D eigenvalue weighted by atomic mass is 127. The quantitative estimate of drug-likeness (QED) is 0.263. The molecular formula is C24H32IN5O2. The SMILES string of the molecule is COc1ccc(CCNC(=NCCc2ccco2)N2CCC(c3cnn(C)c3)C2)cc1.I. The lowest BCUT2D eigenvalue weighted by molar-refractivity contribution is 0.414. The molecule has 1 fully saturated rings. The Labute approximate surface area is 206 Å². The number of halogens is 1. The summed E-state index contributed by atoms with van der Waals surface area (Å²) in [6.45, 7) is 3.49. The van der Waals surface area contributed by atoms with Gasteiger partial charge >= 0.3 is 0 Å². The molecule has 0 spiro atoms. The Morgan fingerprint density at radius 1 is 1.25 bits per heavy atom. The largest absolute Gasteiger partial charge is 0.497 e. The lowest BCUT2D eigenvalue weighted by Crippen LogP contribution is -2.41. The van der Waals surface area contributed by atoms with Crippen molar-refractivity contribution in [1.29, 1.82) is 0 Å². The van der Waals surface area contributed by atoms with Crippen LogP contribution in [0.5, 0.6) is 5.75 Å². The van der Waals surface area contributed by atoms with E-state index in [0.717, 1.165) is 56.4 Å². The Kier molecular flexibility index (Phi) is 9.01. The van der Waals surface area contributed by atoms with Gasteiger partial charge < -0.3 is 19.4 Å². The zero-order chi connectivity index (χ0) is 21.5. The Morgan fingerprint density at radius 3 is 2.78 bits per heavy atom. The molecule has 1 aliphatic rings. The van der Waals surface area contributed by atoms with Crippen LogP contribution >= 0.6 is 24.0 Å². The second-order valence-corrected chi connectivity index (χ2v) is 7.94. The Balaban J connectivity index is 0.00000289. The van der Waals surface area contributed by atoms with Crippen LogP contribution in [0.3, 0.4) is 0 Å².